The van der Waals surface area contributed by atoms with Gasteiger partial charge in [0.15, 0.2) is 17.0 Å². The van der Waals surface area contributed by atoms with E-state index in [1.807, 2.05) is 42.4 Å². The Bertz CT molecular complexity index is 1470. The number of fused-ring (bicyclic) bond motifs is 1. The summed E-state index contributed by atoms with van der Waals surface area (Å²) in [6.07, 6.45) is 4.17. The van der Waals surface area contributed by atoms with Gasteiger partial charge in [-0.25, -0.2) is 4.98 Å². The number of anilines is 2. The third kappa shape index (κ3) is 5.59. The van der Waals surface area contributed by atoms with E-state index in [0.717, 1.165) is 47.6 Å². The summed E-state index contributed by atoms with van der Waals surface area (Å²) in [6.45, 7) is 8.87. The van der Waals surface area contributed by atoms with E-state index < -0.39 is 0 Å². The van der Waals surface area contributed by atoms with E-state index >= 15 is 0 Å². The molecule has 9 nitrogen and oxygen atoms in total. The van der Waals surface area contributed by atoms with Crippen molar-refractivity contribution in [2.75, 3.05) is 49.5 Å². The maximum absolute atomic E-state index is 13.1. The summed E-state index contributed by atoms with van der Waals surface area (Å²) in [5.41, 5.74) is 5.82. The van der Waals surface area contributed by atoms with Gasteiger partial charge in [0, 0.05) is 44.9 Å². The van der Waals surface area contributed by atoms with Crippen molar-refractivity contribution >= 4 is 28.8 Å². The summed E-state index contributed by atoms with van der Waals surface area (Å²) in [4.78, 5) is 31.8. The molecule has 202 valence electrons. The van der Waals surface area contributed by atoms with Gasteiger partial charge in [-0.05, 0) is 44.4 Å². The molecule has 2 aromatic carbocycles. The van der Waals surface area contributed by atoms with E-state index in [0.29, 0.717) is 45.2 Å². The zero-order valence-electron chi connectivity index (χ0n) is 22.6. The number of benzene rings is 2. The summed E-state index contributed by atoms with van der Waals surface area (Å²) >= 11 is 0. The minimum Gasteiger partial charge on any atom is -0.376 e. The van der Waals surface area contributed by atoms with E-state index in [9.17, 15) is 4.79 Å². The topological polar surface area (TPSA) is 88.4 Å². The number of aryl methyl sites for hydroxylation is 2. The maximum atomic E-state index is 13.1. The lowest BCUT2D eigenvalue weighted by atomic mass is 10.1. The first-order valence-corrected chi connectivity index (χ1v) is 13.8. The lowest BCUT2D eigenvalue weighted by Gasteiger charge is -2.35. The second-order valence-corrected chi connectivity index (χ2v) is 10.6. The van der Waals surface area contributed by atoms with Crippen molar-refractivity contribution < 1.29 is 9.53 Å². The first-order chi connectivity index (χ1) is 19.0. The predicted molar refractivity (Wildman–Crippen MR) is 152 cm³/mol. The minimum absolute atomic E-state index is 0.0740. The molecule has 4 heterocycles. The molecule has 1 unspecified atom stereocenters. The Morgan fingerprint density at radius 1 is 1.03 bits per heavy atom. The van der Waals surface area contributed by atoms with Crippen LogP contribution in [0.5, 0.6) is 0 Å². The molecule has 0 bridgehead atoms. The third-order valence-electron chi connectivity index (χ3n) is 7.52. The Balaban J connectivity index is 1.25. The Kier molecular flexibility index (Phi) is 7.15. The molecule has 2 aliphatic rings. The average molecular weight is 526 g/mol. The Morgan fingerprint density at radius 3 is 2.56 bits per heavy atom. The predicted octanol–water partition coefficient (Wildman–Crippen LogP) is 4.04. The van der Waals surface area contributed by atoms with Gasteiger partial charge in [0.05, 0.1) is 19.0 Å². The van der Waals surface area contributed by atoms with Crippen molar-refractivity contribution in [3.05, 3.63) is 77.1 Å². The van der Waals surface area contributed by atoms with E-state index in [1.165, 1.54) is 11.1 Å². The van der Waals surface area contributed by atoms with E-state index in [2.05, 4.69) is 46.0 Å². The monoisotopic (exact) mass is 525 g/mol. The van der Waals surface area contributed by atoms with Gasteiger partial charge in [-0.3, -0.25) is 4.79 Å². The number of ether oxygens (including phenoxy) is 1. The number of piperazine rings is 1. The molecule has 0 radical (unpaired) electrons. The number of hydrogen-bond donors (Lipinski definition) is 1. The standard InChI is InChI=1S/C30H35N7O2/c1-21-6-3-8-23(16-21)19-37-20-32-26-27(31-18-25-10-5-15-39-25)33-30(34-28(26)37)36-13-11-35(12-14-36)29(38)24-9-4-7-22(2)17-24/h3-4,6-9,16-17,20,25H,5,10-15,18-19H2,1-2H3,(H,31,33,34). The number of aromatic nitrogens is 4. The van der Waals surface area contributed by atoms with Gasteiger partial charge in [-0.2, -0.15) is 9.97 Å². The largest absolute Gasteiger partial charge is 0.376 e. The molecule has 2 aliphatic heterocycles. The molecular weight excluding hydrogens is 490 g/mol. The number of carbonyl (C=O) groups is 1. The van der Waals surface area contributed by atoms with E-state index in [-0.39, 0.29) is 12.0 Å². The summed E-state index contributed by atoms with van der Waals surface area (Å²) in [5, 5.41) is 3.51. The zero-order chi connectivity index (χ0) is 26.8. The summed E-state index contributed by atoms with van der Waals surface area (Å²) in [6, 6.07) is 16.3. The van der Waals surface area contributed by atoms with Crippen LogP contribution < -0.4 is 10.2 Å². The Morgan fingerprint density at radius 2 is 1.82 bits per heavy atom. The van der Waals surface area contributed by atoms with Crippen molar-refractivity contribution in [1.29, 1.82) is 0 Å². The molecule has 0 saturated carbocycles. The highest BCUT2D eigenvalue weighted by Crippen LogP contribution is 2.25. The summed E-state index contributed by atoms with van der Waals surface area (Å²) in [5.74, 6) is 1.46. The quantitative estimate of drug-likeness (QED) is 0.390. The van der Waals surface area contributed by atoms with Crippen molar-refractivity contribution in [2.24, 2.45) is 0 Å². The van der Waals surface area contributed by atoms with Crippen LogP contribution >= 0.6 is 0 Å². The zero-order valence-corrected chi connectivity index (χ0v) is 22.6. The fourth-order valence-corrected chi connectivity index (χ4v) is 5.41. The molecule has 2 fully saturated rings. The normalized spacial score (nSPS) is 17.6. The number of nitrogens with one attached hydrogen (secondary N) is 1. The lowest BCUT2D eigenvalue weighted by Crippen LogP contribution is -2.49. The highest BCUT2D eigenvalue weighted by Gasteiger charge is 2.26. The molecule has 39 heavy (non-hydrogen) atoms. The van der Waals surface area contributed by atoms with Crippen LogP contribution in [-0.4, -0.2) is 75.8 Å². The molecule has 1 N–H and O–H groups in total. The van der Waals surface area contributed by atoms with Gasteiger partial charge in [0.2, 0.25) is 5.95 Å². The second kappa shape index (κ2) is 11.0. The lowest BCUT2D eigenvalue weighted by molar-refractivity contribution is 0.0746. The summed E-state index contributed by atoms with van der Waals surface area (Å²) < 4.78 is 7.91. The number of carbonyl (C=O) groups excluding carboxylic acids is 1. The number of amides is 1. The van der Waals surface area contributed by atoms with Gasteiger partial charge < -0.3 is 24.4 Å². The third-order valence-corrected chi connectivity index (χ3v) is 7.52. The molecule has 0 aliphatic carbocycles. The van der Waals surface area contributed by atoms with Gasteiger partial charge in [0.25, 0.3) is 5.91 Å². The molecule has 1 amide bonds. The van der Waals surface area contributed by atoms with Crippen LogP contribution in [-0.2, 0) is 11.3 Å². The van der Waals surface area contributed by atoms with E-state index in [1.54, 1.807) is 0 Å². The fraction of sp³-hybridized carbons (Fsp3) is 0.400. The molecule has 0 spiro atoms. The summed E-state index contributed by atoms with van der Waals surface area (Å²) in [7, 11) is 0. The fourth-order valence-electron chi connectivity index (χ4n) is 5.41. The molecule has 1 atom stereocenters. The van der Waals surface area contributed by atoms with Crippen molar-refractivity contribution in [3.63, 3.8) is 0 Å². The van der Waals surface area contributed by atoms with Crippen LogP contribution in [0.15, 0.2) is 54.9 Å². The SMILES string of the molecule is Cc1cccc(Cn2cnc3c(NCC4CCCO4)nc(N4CCN(C(=O)c5cccc(C)c5)CC4)nc32)c1. The smallest absolute Gasteiger partial charge is 0.253 e. The van der Waals surface area contributed by atoms with Crippen LogP contribution in [0.1, 0.15) is 39.9 Å². The van der Waals surface area contributed by atoms with Crippen LogP contribution in [0.3, 0.4) is 0 Å². The number of imidazole rings is 1. The Labute approximate surface area is 228 Å². The van der Waals surface area contributed by atoms with Gasteiger partial charge in [-0.1, -0.05) is 47.5 Å². The van der Waals surface area contributed by atoms with Crippen LogP contribution in [0, 0.1) is 13.8 Å². The van der Waals surface area contributed by atoms with E-state index in [4.69, 9.17) is 19.7 Å². The number of rotatable bonds is 7. The van der Waals surface area contributed by atoms with Gasteiger partial charge >= 0.3 is 0 Å². The van der Waals surface area contributed by atoms with Crippen LogP contribution in [0.4, 0.5) is 11.8 Å². The van der Waals surface area contributed by atoms with Crippen LogP contribution in [0.25, 0.3) is 11.2 Å². The Hall–Kier alpha value is -3.98. The van der Waals surface area contributed by atoms with Gasteiger partial charge in [0.1, 0.15) is 0 Å². The van der Waals surface area contributed by atoms with Crippen molar-refractivity contribution in [3.8, 4) is 0 Å². The first-order valence-electron chi connectivity index (χ1n) is 13.8. The second-order valence-electron chi connectivity index (χ2n) is 10.6. The van der Waals surface area contributed by atoms with Crippen molar-refractivity contribution in [1.82, 2.24) is 24.4 Å². The average Bonchev–Trinajstić information content (AvgIpc) is 3.62. The highest BCUT2D eigenvalue weighted by atomic mass is 16.5. The van der Waals surface area contributed by atoms with Crippen molar-refractivity contribution in [2.45, 2.75) is 39.3 Å². The molecule has 4 aromatic rings. The maximum Gasteiger partial charge on any atom is 0.253 e. The van der Waals surface area contributed by atoms with Crippen LogP contribution in [0.2, 0.25) is 0 Å². The molecule has 9 heteroatoms. The first kappa shape index (κ1) is 25.3. The van der Waals surface area contributed by atoms with Gasteiger partial charge in [-0.15, -0.1) is 0 Å². The molecular formula is C30H35N7O2. The minimum atomic E-state index is 0.0740. The molecule has 2 aromatic heterocycles. The molecule has 6 rings (SSSR count). The number of nitrogens with zero attached hydrogens (tertiary/aromatic N) is 6. The molecule has 2 saturated heterocycles. The highest BCUT2D eigenvalue weighted by molar-refractivity contribution is 5.94. The number of hydrogen-bond acceptors (Lipinski definition) is 7.